The second-order valence-corrected chi connectivity index (χ2v) is 9.11. The van der Waals surface area contributed by atoms with Crippen LogP contribution in [0.4, 0.5) is 27.6 Å². The molecule has 3 N–H and O–H groups in total. The molecule has 4 aromatic rings. The van der Waals surface area contributed by atoms with Gasteiger partial charge in [-0.05, 0) is 72.9 Å². The van der Waals surface area contributed by atoms with Gasteiger partial charge in [0.05, 0.1) is 11.6 Å². The maximum Gasteiger partial charge on any atom is 0.419 e. The van der Waals surface area contributed by atoms with Crippen LogP contribution in [0.5, 0.6) is 5.75 Å². The molecule has 0 radical (unpaired) electrons. The van der Waals surface area contributed by atoms with Crippen molar-refractivity contribution in [2.24, 2.45) is 0 Å². The first-order valence-corrected chi connectivity index (χ1v) is 11.5. The van der Waals surface area contributed by atoms with Crippen LogP contribution in [0.15, 0.2) is 66.9 Å². The van der Waals surface area contributed by atoms with E-state index in [4.69, 9.17) is 0 Å². The zero-order chi connectivity index (χ0) is 25.8. The quantitative estimate of drug-likeness (QED) is 0.265. The monoisotopic (exact) mass is 502 g/mol. The molecule has 0 aliphatic heterocycles. The van der Waals surface area contributed by atoms with Gasteiger partial charge in [-0.2, -0.15) is 13.2 Å². The topological polar surface area (TPSA) is 57.4 Å². The molecule has 1 aromatic heterocycles. The Morgan fingerprint density at radius 3 is 2.42 bits per heavy atom. The average Bonchev–Trinajstić information content (AvgIpc) is 3.27. The van der Waals surface area contributed by atoms with Gasteiger partial charge >= 0.3 is 6.18 Å². The first-order valence-electron chi connectivity index (χ1n) is 11.5. The second kappa shape index (κ2) is 8.51. The number of aliphatic hydroxyl groups is 1. The molecular formula is C27H23F5N2O2. The van der Waals surface area contributed by atoms with Crippen molar-refractivity contribution in [3.63, 3.8) is 0 Å². The molecule has 0 unspecified atom stereocenters. The third kappa shape index (κ3) is 3.69. The average molecular weight is 502 g/mol. The Morgan fingerprint density at radius 1 is 1.03 bits per heavy atom. The van der Waals surface area contributed by atoms with E-state index in [9.17, 15) is 32.2 Å². The predicted molar refractivity (Wildman–Crippen MR) is 126 cm³/mol. The summed E-state index contributed by atoms with van der Waals surface area (Å²) in [6.45, 7) is 1.63. The molecule has 0 bridgehead atoms. The van der Waals surface area contributed by atoms with Crippen molar-refractivity contribution in [1.29, 1.82) is 0 Å². The van der Waals surface area contributed by atoms with E-state index in [1.165, 1.54) is 18.2 Å². The van der Waals surface area contributed by atoms with Crippen molar-refractivity contribution >= 4 is 16.6 Å². The largest absolute Gasteiger partial charge is 0.505 e. The SMILES string of the molecule is CC[C@@H]1C[C@](O)(C(F)(F)F)[C@@H](Nc2cccc3c2ccn3-c2ccc(F)cc2)c2ccc(F)c(O)c21. The van der Waals surface area contributed by atoms with Crippen molar-refractivity contribution in [3.05, 3.63) is 89.6 Å². The van der Waals surface area contributed by atoms with E-state index in [2.05, 4.69) is 5.32 Å². The Kier molecular flexibility index (Phi) is 5.70. The van der Waals surface area contributed by atoms with E-state index >= 15 is 0 Å². The summed E-state index contributed by atoms with van der Waals surface area (Å²) >= 11 is 0. The molecule has 1 heterocycles. The number of fused-ring (bicyclic) bond motifs is 2. The summed E-state index contributed by atoms with van der Waals surface area (Å²) in [6.07, 6.45) is -3.86. The maximum absolute atomic E-state index is 14.4. The van der Waals surface area contributed by atoms with Crippen LogP contribution in [0.25, 0.3) is 16.6 Å². The van der Waals surface area contributed by atoms with E-state index in [1.54, 1.807) is 54.1 Å². The second-order valence-electron chi connectivity index (χ2n) is 9.11. The minimum atomic E-state index is -5.01. The molecular weight excluding hydrogens is 479 g/mol. The van der Waals surface area contributed by atoms with Gasteiger partial charge < -0.3 is 20.1 Å². The highest BCUT2D eigenvalue weighted by atomic mass is 19.4. The fourth-order valence-electron chi connectivity index (χ4n) is 5.23. The van der Waals surface area contributed by atoms with E-state index in [0.717, 1.165) is 6.07 Å². The number of nitrogens with zero attached hydrogens (tertiary/aromatic N) is 1. The van der Waals surface area contributed by atoms with Crippen molar-refractivity contribution in [2.75, 3.05) is 5.32 Å². The van der Waals surface area contributed by atoms with Crippen LogP contribution in [0.2, 0.25) is 0 Å². The number of phenolic OH excluding ortho intramolecular Hbond substituents is 1. The number of hydrogen-bond acceptors (Lipinski definition) is 3. The van der Waals surface area contributed by atoms with Crippen LogP contribution in [-0.4, -0.2) is 26.6 Å². The molecule has 4 nitrogen and oxygen atoms in total. The number of alkyl halides is 3. The van der Waals surface area contributed by atoms with Crippen molar-refractivity contribution in [2.45, 2.75) is 43.5 Å². The molecule has 0 spiro atoms. The minimum Gasteiger partial charge on any atom is -0.505 e. The molecule has 36 heavy (non-hydrogen) atoms. The van der Waals surface area contributed by atoms with Crippen molar-refractivity contribution in [3.8, 4) is 11.4 Å². The number of aromatic hydroxyl groups is 1. The molecule has 0 fully saturated rings. The Balaban J connectivity index is 1.66. The van der Waals surface area contributed by atoms with Gasteiger partial charge in [-0.25, -0.2) is 8.78 Å². The van der Waals surface area contributed by atoms with Gasteiger partial charge in [-0.15, -0.1) is 0 Å². The number of aromatic nitrogens is 1. The lowest BCUT2D eigenvalue weighted by atomic mass is 9.69. The first-order chi connectivity index (χ1) is 17.0. The van der Waals surface area contributed by atoms with Gasteiger partial charge in [0.15, 0.2) is 17.2 Å². The highest BCUT2D eigenvalue weighted by Crippen LogP contribution is 2.55. The molecule has 1 aliphatic rings. The van der Waals surface area contributed by atoms with Crippen LogP contribution < -0.4 is 5.32 Å². The third-order valence-electron chi connectivity index (χ3n) is 7.08. The predicted octanol–water partition coefficient (Wildman–Crippen LogP) is 6.96. The summed E-state index contributed by atoms with van der Waals surface area (Å²) in [7, 11) is 0. The smallest absolute Gasteiger partial charge is 0.419 e. The van der Waals surface area contributed by atoms with Gasteiger partial charge in [0.2, 0.25) is 0 Å². The summed E-state index contributed by atoms with van der Waals surface area (Å²) in [5.41, 5.74) is -1.50. The number of phenols is 1. The van der Waals surface area contributed by atoms with Crippen LogP contribution in [0, 0.1) is 11.6 Å². The Bertz CT molecular complexity index is 1430. The summed E-state index contributed by atoms with van der Waals surface area (Å²) in [5, 5.41) is 25.0. The fraction of sp³-hybridized carbons (Fsp3) is 0.259. The summed E-state index contributed by atoms with van der Waals surface area (Å²) < 4.78 is 72.5. The lowest BCUT2D eigenvalue weighted by Gasteiger charge is -2.45. The van der Waals surface area contributed by atoms with E-state index in [0.29, 0.717) is 22.3 Å². The Morgan fingerprint density at radius 2 is 1.75 bits per heavy atom. The molecule has 1 aliphatic carbocycles. The number of halogens is 5. The van der Waals surface area contributed by atoms with Crippen LogP contribution in [-0.2, 0) is 0 Å². The Labute approximate surface area is 203 Å². The zero-order valence-corrected chi connectivity index (χ0v) is 19.2. The van der Waals surface area contributed by atoms with Gasteiger partial charge in [-0.1, -0.05) is 19.1 Å². The van der Waals surface area contributed by atoms with Gasteiger partial charge in [-0.3, -0.25) is 0 Å². The van der Waals surface area contributed by atoms with Gasteiger partial charge in [0.1, 0.15) is 5.82 Å². The normalized spacial score (nSPS) is 22.0. The molecule has 0 saturated heterocycles. The molecule has 5 rings (SSSR count). The highest BCUT2D eigenvalue weighted by molar-refractivity contribution is 5.93. The van der Waals surface area contributed by atoms with Gasteiger partial charge in [0, 0.05) is 28.5 Å². The first kappa shape index (κ1) is 24.1. The van der Waals surface area contributed by atoms with E-state index in [1.807, 2.05) is 0 Å². The number of nitrogens with one attached hydrogen (secondary N) is 1. The number of benzene rings is 3. The van der Waals surface area contributed by atoms with Gasteiger partial charge in [0.25, 0.3) is 0 Å². The van der Waals surface area contributed by atoms with Crippen molar-refractivity contribution in [1.82, 2.24) is 4.57 Å². The van der Waals surface area contributed by atoms with Crippen molar-refractivity contribution < 1.29 is 32.2 Å². The number of hydrogen-bond donors (Lipinski definition) is 3. The lowest BCUT2D eigenvalue weighted by molar-refractivity contribution is -0.272. The lowest BCUT2D eigenvalue weighted by Crippen LogP contribution is -2.55. The molecule has 3 atom stereocenters. The molecule has 0 amide bonds. The van der Waals surface area contributed by atoms with Crippen LogP contribution in [0.1, 0.15) is 42.9 Å². The summed E-state index contributed by atoms with van der Waals surface area (Å²) in [4.78, 5) is 0. The maximum atomic E-state index is 14.4. The molecule has 3 aromatic carbocycles. The molecule has 9 heteroatoms. The summed E-state index contributed by atoms with van der Waals surface area (Å²) in [5.74, 6) is -2.92. The Hall–Kier alpha value is -3.59. The molecule has 188 valence electrons. The zero-order valence-electron chi connectivity index (χ0n) is 19.2. The van der Waals surface area contributed by atoms with E-state index < -0.39 is 47.5 Å². The number of rotatable bonds is 4. The standard InChI is InChI=1S/C27H23F5N2O2/c1-2-15-14-26(36,27(30,31)32)25(19-10-11-20(29)24(35)23(15)19)33-21-4-3-5-22-18(21)12-13-34(22)17-8-6-16(28)7-9-17/h3-13,15,25,33,35-36H,2,14H2,1H3/t15-,25+,26-/m1/s1. The number of anilines is 1. The highest BCUT2D eigenvalue weighted by Gasteiger charge is 2.62. The fourth-order valence-corrected chi connectivity index (χ4v) is 5.23. The molecule has 0 saturated carbocycles. The minimum absolute atomic E-state index is 0.0122. The summed E-state index contributed by atoms with van der Waals surface area (Å²) in [6, 6.07) is 12.9. The third-order valence-corrected chi connectivity index (χ3v) is 7.08. The van der Waals surface area contributed by atoms with Crippen LogP contribution >= 0.6 is 0 Å². The van der Waals surface area contributed by atoms with Crippen LogP contribution in [0.3, 0.4) is 0 Å². The van der Waals surface area contributed by atoms with E-state index in [-0.39, 0.29) is 17.5 Å².